The first kappa shape index (κ1) is 74.2. The number of likely N-dealkylation sites (N-methyl/N-ethyl adjacent to an activating group) is 6. The monoisotopic (exact) mass is 1250 g/mol. The van der Waals surface area contributed by atoms with E-state index in [2.05, 4.69) is 187 Å². The van der Waals surface area contributed by atoms with Crippen LogP contribution in [-0.4, -0.2) is 335 Å². The predicted octanol–water partition coefficient (Wildman–Crippen LogP) is 10.9. The Bertz CT molecular complexity index is 2160. The second-order valence-corrected chi connectivity index (χ2v) is 37.2. The lowest BCUT2D eigenvalue weighted by molar-refractivity contribution is -0.952. The largest absolute Gasteiger partial charge is 0.310 e. The molecule has 0 aliphatic carbocycles. The summed E-state index contributed by atoms with van der Waals surface area (Å²) in [4.78, 5) is 18.1. The van der Waals surface area contributed by atoms with Gasteiger partial charge in [0.05, 0.1) is 148 Å². The second kappa shape index (κ2) is 28.9. The molecular formula is C75H157N14+7. The van der Waals surface area contributed by atoms with Gasteiger partial charge < -0.3 is 31.4 Å². The van der Waals surface area contributed by atoms with Crippen LogP contribution in [0.5, 0.6) is 0 Å². The van der Waals surface area contributed by atoms with Crippen LogP contribution in [0.4, 0.5) is 0 Å². The zero-order valence-electron chi connectivity index (χ0n) is 64.1. The molecule has 14 nitrogen and oxygen atoms in total. The van der Waals surface area contributed by atoms with Crippen molar-refractivity contribution >= 4 is 0 Å². The number of nitrogens with zero attached hydrogens (tertiary/aromatic N) is 14. The molecule has 4 atom stereocenters. The highest BCUT2D eigenvalue weighted by Gasteiger charge is 2.57. The fraction of sp³-hybridized carbons (Fsp3) is 1.00. The van der Waals surface area contributed by atoms with Crippen LogP contribution < -0.4 is 0 Å². The van der Waals surface area contributed by atoms with Gasteiger partial charge in [-0.2, -0.15) is 0 Å². The highest BCUT2D eigenvalue weighted by atomic mass is 15.6. The van der Waals surface area contributed by atoms with Gasteiger partial charge in [-0.15, -0.1) is 0 Å². The van der Waals surface area contributed by atoms with Crippen molar-refractivity contribution in [1.82, 2.24) is 34.3 Å². The molecule has 89 heavy (non-hydrogen) atoms. The van der Waals surface area contributed by atoms with Gasteiger partial charge in [-0.25, -0.2) is 19.6 Å². The first-order valence-corrected chi connectivity index (χ1v) is 38.7. The van der Waals surface area contributed by atoms with E-state index in [1.807, 2.05) is 0 Å². The molecule has 0 aromatic carbocycles. The molecule has 14 fully saturated rings. The lowest BCUT2D eigenvalue weighted by Crippen LogP contribution is -2.56. The van der Waals surface area contributed by atoms with E-state index < -0.39 is 0 Å². The van der Waals surface area contributed by atoms with Gasteiger partial charge in [0, 0.05) is 116 Å². The van der Waals surface area contributed by atoms with Gasteiger partial charge in [0.15, 0.2) is 0 Å². The molecular weight excluding hydrogens is 1100 g/mol. The maximum absolute atomic E-state index is 2.66. The smallest absolute Gasteiger partial charge is 0.135 e. The highest BCUT2D eigenvalue weighted by molar-refractivity contribution is 4.89. The number of quaternary nitrogens is 7. The third-order valence-electron chi connectivity index (χ3n) is 29.0. The summed E-state index contributed by atoms with van der Waals surface area (Å²) in [7, 11) is 6.80. The average Bonchev–Trinajstić information content (AvgIpc) is 1.72. The third-order valence-corrected chi connectivity index (χ3v) is 29.0. The lowest BCUT2D eigenvalue weighted by atomic mass is 10.0. The van der Waals surface area contributed by atoms with Crippen molar-refractivity contribution < 1.29 is 31.4 Å². The van der Waals surface area contributed by atoms with Crippen LogP contribution in [0.2, 0.25) is 0 Å². The summed E-state index contributed by atoms with van der Waals surface area (Å²) in [5.74, 6) is 0. The van der Waals surface area contributed by atoms with E-state index in [0.29, 0.717) is 33.7 Å². The van der Waals surface area contributed by atoms with E-state index in [1.54, 1.807) is 0 Å². The Morgan fingerprint density at radius 3 is 1.12 bits per heavy atom. The van der Waals surface area contributed by atoms with Crippen LogP contribution in [-0.2, 0) is 0 Å². The van der Waals surface area contributed by atoms with Crippen molar-refractivity contribution in [3.8, 4) is 0 Å². The molecule has 14 aliphatic heterocycles. The normalized spacial score (nSPS) is 34.3. The minimum absolute atomic E-state index is 0.435. The van der Waals surface area contributed by atoms with Crippen LogP contribution in [0, 0.1) is 0 Å². The first-order valence-electron chi connectivity index (χ1n) is 38.7. The van der Waals surface area contributed by atoms with Crippen LogP contribution in [0.15, 0.2) is 0 Å². The summed E-state index contributed by atoms with van der Waals surface area (Å²) in [5.41, 5.74) is 2.38. The molecule has 14 heteroatoms. The summed E-state index contributed by atoms with van der Waals surface area (Å²) >= 11 is 0. The van der Waals surface area contributed by atoms with Gasteiger partial charge in [-0.3, -0.25) is 14.7 Å². The molecule has 0 aromatic heterocycles. The summed E-state index contributed by atoms with van der Waals surface area (Å²) in [6.45, 7) is 84.7. The van der Waals surface area contributed by atoms with Crippen LogP contribution >= 0.6 is 0 Å². The Kier molecular flexibility index (Phi) is 24.1. The lowest BCUT2D eigenvalue weighted by Gasteiger charge is -2.40. The third kappa shape index (κ3) is 15.7. The molecule has 0 N–H and O–H groups in total. The fourth-order valence-electron chi connectivity index (χ4n) is 22.3. The molecule has 14 heterocycles. The molecule has 520 valence electrons. The molecule has 14 rings (SSSR count). The van der Waals surface area contributed by atoms with E-state index in [4.69, 9.17) is 0 Å². The van der Waals surface area contributed by atoms with E-state index >= 15 is 0 Å². The van der Waals surface area contributed by atoms with Gasteiger partial charge in [0.25, 0.3) is 0 Å². The SMILES string of the molecule is CC(C)N1CC(C)(C)[N+]2(CCCC2)C1.CC1C(C)[N+]2(CCCC2)CN1C.CCN1CC(C)(C)[N+]2(CCCC2)C1.CCN1C[N+]2(CCCC2)C(C)C1C.CCN1C[N+]2(CCCC2)CC1(C)C.CN1CC(C)(C)[N+]2(CCCC2)C1.CN1C[N+]2(CCCC2)CC1(C)C. The van der Waals surface area contributed by atoms with E-state index in [0.717, 1.165) is 24.2 Å². The molecule has 0 aromatic rings. The maximum atomic E-state index is 2.66. The van der Waals surface area contributed by atoms with Crippen LogP contribution in [0.3, 0.4) is 0 Å². The molecule has 14 aliphatic rings. The van der Waals surface area contributed by atoms with Crippen molar-refractivity contribution in [3.05, 3.63) is 0 Å². The standard InChI is InChI=1S/C12H25N2.3C11H23N2.3C10H21N2/c1-11(2)13-9-12(3,4)14(10-13)7-5-6-8-14;1-4-12-10-13(7-5-6-8-13)9-11(12,2)3;1-4-12-9-11(2,3)13(10-12)7-5-6-8-13;1-4-12-9-13(7-5-6-8-13)11(3)10(12)2;1-10(2)8-12(9-11(10)3)6-4-5-7-12;1-10(2)8-11(3)9-12(10)6-4-5-7-12;1-9-10(2)12(8-11(9)3)6-4-5-7-12/h11H,5-10H2,1-4H3;2*4-10H2,1-3H3;10-11H,4-9H2,1-3H3;2*4-9H2,1-3H3;9-10H,4-8H2,1-3H3/q7*+1. The molecule has 4 unspecified atom stereocenters. The Balaban J connectivity index is 0.000000134. The maximum Gasteiger partial charge on any atom is 0.135 e. The van der Waals surface area contributed by atoms with E-state index in [1.165, 1.54) is 312 Å². The fourth-order valence-corrected chi connectivity index (χ4v) is 22.3. The molecule has 0 bridgehead atoms. The Labute approximate surface area is 554 Å². The van der Waals surface area contributed by atoms with Crippen molar-refractivity contribution in [2.75, 3.05) is 212 Å². The summed E-state index contributed by atoms with van der Waals surface area (Å²) in [6.07, 6.45) is 20.3. The van der Waals surface area contributed by atoms with Gasteiger partial charge in [-0.05, 0) is 132 Å². The highest BCUT2D eigenvalue weighted by Crippen LogP contribution is 2.42. The van der Waals surface area contributed by atoms with Gasteiger partial charge in [-0.1, -0.05) is 20.8 Å². The van der Waals surface area contributed by atoms with Crippen molar-refractivity contribution in [2.24, 2.45) is 0 Å². The quantitative estimate of drug-likeness (QED) is 0.259. The zero-order chi connectivity index (χ0) is 65.3. The molecule has 14 saturated heterocycles. The summed E-state index contributed by atoms with van der Waals surface area (Å²) < 4.78 is 9.66. The zero-order valence-corrected chi connectivity index (χ0v) is 64.1. The Hall–Kier alpha value is -0.560. The predicted molar refractivity (Wildman–Crippen MR) is 379 cm³/mol. The molecule has 7 spiro atoms. The van der Waals surface area contributed by atoms with Crippen molar-refractivity contribution in [2.45, 2.75) is 279 Å². The Morgan fingerprint density at radius 2 is 0.775 bits per heavy atom. The van der Waals surface area contributed by atoms with E-state index in [-0.39, 0.29) is 0 Å². The summed E-state index contributed by atoms with van der Waals surface area (Å²) in [5, 5.41) is 0. The topological polar surface area (TPSA) is 22.7 Å². The average molecular weight is 1260 g/mol. The van der Waals surface area contributed by atoms with Gasteiger partial charge in [0.2, 0.25) is 0 Å². The summed E-state index contributed by atoms with van der Waals surface area (Å²) in [6, 6.07) is 4.01. The van der Waals surface area contributed by atoms with Gasteiger partial charge >= 0.3 is 0 Å². The molecule has 0 radical (unpaired) electrons. The molecule has 0 saturated carbocycles. The van der Waals surface area contributed by atoms with Gasteiger partial charge in [0.1, 0.15) is 75.4 Å². The van der Waals surface area contributed by atoms with Crippen molar-refractivity contribution in [3.63, 3.8) is 0 Å². The molecule has 0 amide bonds. The number of hydrogen-bond donors (Lipinski definition) is 0. The number of rotatable bonds is 4. The minimum atomic E-state index is 0.435. The Morgan fingerprint density at radius 1 is 0.382 bits per heavy atom. The van der Waals surface area contributed by atoms with Crippen molar-refractivity contribution in [1.29, 1.82) is 0 Å². The second-order valence-electron chi connectivity index (χ2n) is 37.2. The first-order chi connectivity index (χ1) is 41.6. The number of hydrogen-bond acceptors (Lipinski definition) is 7. The van der Waals surface area contributed by atoms with E-state index in [9.17, 15) is 0 Å². The minimum Gasteiger partial charge on any atom is -0.310 e. The van der Waals surface area contributed by atoms with Crippen LogP contribution in [0.25, 0.3) is 0 Å². The van der Waals surface area contributed by atoms with Crippen LogP contribution in [0.1, 0.15) is 221 Å².